The van der Waals surface area contributed by atoms with Crippen LogP contribution < -0.4 is 11.1 Å². The molecule has 1 unspecified atom stereocenters. The minimum atomic E-state index is -4.76. The summed E-state index contributed by atoms with van der Waals surface area (Å²) in [7, 11) is 0. The maximum Gasteiger partial charge on any atom is 0.415 e. The highest BCUT2D eigenvalue weighted by atomic mass is 32.1. The van der Waals surface area contributed by atoms with E-state index in [-0.39, 0.29) is 6.54 Å². The first kappa shape index (κ1) is 13.0. The number of carbonyl (C=O) groups excluding carboxylic acids is 1. The van der Waals surface area contributed by atoms with Crippen LogP contribution in [-0.2, 0) is 11.3 Å². The summed E-state index contributed by atoms with van der Waals surface area (Å²) in [5.74, 6) is -1.23. The van der Waals surface area contributed by atoms with Crippen molar-refractivity contribution in [2.45, 2.75) is 25.2 Å². The Morgan fingerprint density at radius 3 is 2.62 bits per heavy atom. The van der Waals surface area contributed by atoms with Crippen LogP contribution in [0.1, 0.15) is 11.8 Å². The molecule has 0 fully saturated rings. The summed E-state index contributed by atoms with van der Waals surface area (Å²) in [6.07, 6.45) is -4.76. The fraction of sp³-hybridized carbons (Fsp3) is 0.444. The zero-order chi connectivity index (χ0) is 12.4. The van der Waals surface area contributed by atoms with Gasteiger partial charge < -0.3 is 11.1 Å². The van der Waals surface area contributed by atoms with Gasteiger partial charge in [0.25, 0.3) is 0 Å². The molecular formula is C9H11F3N2OS. The molecule has 0 aliphatic carbocycles. The number of hydrogen-bond acceptors (Lipinski definition) is 3. The van der Waals surface area contributed by atoms with Gasteiger partial charge in [-0.1, -0.05) is 6.07 Å². The average molecular weight is 252 g/mol. The lowest BCUT2D eigenvalue weighted by molar-refractivity contribution is -0.187. The van der Waals surface area contributed by atoms with Crippen molar-refractivity contribution in [3.05, 3.63) is 22.4 Å². The molecule has 1 atom stereocenters. The van der Waals surface area contributed by atoms with Crippen LogP contribution >= 0.6 is 11.3 Å². The van der Waals surface area contributed by atoms with E-state index < -0.39 is 17.6 Å². The Labute approximate surface area is 94.4 Å². The van der Waals surface area contributed by atoms with Gasteiger partial charge in [-0.3, -0.25) is 4.79 Å². The van der Waals surface area contributed by atoms with Gasteiger partial charge >= 0.3 is 6.18 Å². The zero-order valence-corrected chi connectivity index (χ0v) is 9.28. The number of thiophene rings is 1. The summed E-state index contributed by atoms with van der Waals surface area (Å²) < 4.78 is 37.1. The lowest BCUT2D eigenvalue weighted by Gasteiger charge is -2.25. The summed E-state index contributed by atoms with van der Waals surface area (Å²) in [5.41, 5.74) is 2.09. The molecule has 0 spiro atoms. The van der Waals surface area contributed by atoms with Crippen LogP contribution in [0, 0.1) is 0 Å². The third-order valence-electron chi connectivity index (χ3n) is 2.06. The van der Waals surface area contributed by atoms with Gasteiger partial charge in [0.05, 0.1) is 6.54 Å². The molecule has 1 aromatic rings. The fourth-order valence-corrected chi connectivity index (χ4v) is 1.54. The monoisotopic (exact) mass is 252 g/mol. The van der Waals surface area contributed by atoms with Crippen LogP contribution in [0.2, 0.25) is 0 Å². The van der Waals surface area contributed by atoms with E-state index in [1.165, 1.54) is 11.3 Å². The summed E-state index contributed by atoms with van der Waals surface area (Å²) in [6.45, 7) is 0.704. The predicted octanol–water partition coefficient (Wildman–Crippen LogP) is 1.64. The van der Waals surface area contributed by atoms with Gasteiger partial charge in [0.15, 0.2) is 5.54 Å². The maximum atomic E-state index is 12.4. The van der Waals surface area contributed by atoms with Gasteiger partial charge in [-0.05, 0) is 18.4 Å². The van der Waals surface area contributed by atoms with E-state index in [9.17, 15) is 18.0 Å². The Hall–Kier alpha value is -1.08. The minimum absolute atomic E-state index is 0.0549. The molecule has 0 bridgehead atoms. The van der Waals surface area contributed by atoms with Crippen molar-refractivity contribution in [2.75, 3.05) is 0 Å². The highest BCUT2D eigenvalue weighted by Crippen LogP contribution is 2.28. The molecule has 0 aromatic carbocycles. The molecule has 0 radical (unpaired) electrons. The molecule has 0 saturated carbocycles. The van der Waals surface area contributed by atoms with Crippen molar-refractivity contribution in [3.8, 4) is 0 Å². The van der Waals surface area contributed by atoms with Crippen molar-refractivity contribution in [2.24, 2.45) is 5.73 Å². The SMILES string of the molecule is CC(N)(C(=O)NCc1cccs1)C(F)(F)F. The van der Waals surface area contributed by atoms with Gasteiger partial charge in [0.1, 0.15) is 0 Å². The smallest absolute Gasteiger partial charge is 0.349 e. The topological polar surface area (TPSA) is 55.1 Å². The number of nitrogens with two attached hydrogens (primary N) is 1. The minimum Gasteiger partial charge on any atom is -0.349 e. The largest absolute Gasteiger partial charge is 0.415 e. The Balaban J connectivity index is 2.59. The first-order valence-corrected chi connectivity index (χ1v) is 5.29. The van der Waals surface area contributed by atoms with E-state index in [0.717, 1.165) is 4.88 Å². The Morgan fingerprint density at radius 2 is 2.19 bits per heavy atom. The van der Waals surface area contributed by atoms with Crippen LogP contribution in [0.25, 0.3) is 0 Å². The second-order valence-corrected chi connectivity index (χ2v) is 4.49. The van der Waals surface area contributed by atoms with Crippen LogP contribution in [0.3, 0.4) is 0 Å². The number of rotatable bonds is 3. The van der Waals surface area contributed by atoms with Crippen LogP contribution in [-0.4, -0.2) is 17.6 Å². The van der Waals surface area contributed by atoms with E-state index in [0.29, 0.717) is 6.92 Å². The second kappa shape index (κ2) is 4.42. The molecule has 0 aliphatic heterocycles. The van der Waals surface area contributed by atoms with Crippen molar-refractivity contribution in [3.63, 3.8) is 0 Å². The van der Waals surface area contributed by atoms with E-state index in [1.54, 1.807) is 17.5 Å². The molecular weight excluding hydrogens is 241 g/mol. The number of halogens is 3. The predicted molar refractivity (Wildman–Crippen MR) is 54.8 cm³/mol. The van der Waals surface area contributed by atoms with Crippen molar-refractivity contribution in [1.29, 1.82) is 0 Å². The molecule has 7 heteroatoms. The van der Waals surface area contributed by atoms with Gasteiger partial charge in [-0.2, -0.15) is 13.2 Å². The number of carbonyl (C=O) groups is 1. The molecule has 0 saturated heterocycles. The van der Waals surface area contributed by atoms with Crippen LogP contribution in [0.15, 0.2) is 17.5 Å². The first-order valence-electron chi connectivity index (χ1n) is 4.41. The van der Waals surface area contributed by atoms with E-state index in [2.05, 4.69) is 5.32 Å². The molecule has 1 heterocycles. The molecule has 3 nitrogen and oxygen atoms in total. The number of amides is 1. The fourth-order valence-electron chi connectivity index (χ4n) is 0.893. The Kier molecular flexibility index (Phi) is 3.59. The summed E-state index contributed by atoms with van der Waals surface area (Å²) in [6, 6.07) is 3.46. The normalized spacial score (nSPS) is 15.6. The van der Waals surface area contributed by atoms with E-state index in [4.69, 9.17) is 5.73 Å². The standard InChI is InChI=1S/C9H11F3N2OS/c1-8(13,9(10,11)12)7(15)14-5-6-3-2-4-16-6/h2-4H,5,13H2,1H3,(H,14,15). The third-order valence-corrected chi connectivity index (χ3v) is 2.94. The van der Waals surface area contributed by atoms with Crippen LogP contribution in [0.4, 0.5) is 13.2 Å². The Morgan fingerprint density at radius 1 is 1.56 bits per heavy atom. The number of nitrogens with one attached hydrogen (secondary N) is 1. The average Bonchev–Trinajstić information content (AvgIpc) is 2.64. The lowest BCUT2D eigenvalue weighted by Crippen LogP contribution is -2.61. The number of hydrogen-bond donors (Lipinski definition) is 2. The molecule has 90 valence electrons. The van der Waals surface area contributed by atoms with Crippen LogP contribution in [0.5, 0.6) is 0 Å². The molecule has 1 rings (SSSR count). The third kappa shape index (κ3) is 2.73. The van der Waals surface area contributed by atoms with Gasteiger partial charge in [-0.25, -0.2) is 0 Å². The molecule has 16 heavy (non-hydrogen) atoms. The second-order valence-electron chi connectivity index (χ2n) is 3.46. The van der Waals surface area contributed by atoms with Gasteiger partial charge in [0, 0.05) is 4.88 Å². The highest BCUT2D eigenvalue weighted by Gasteiger charge is 2.53. The quantitative estimate of drug-likeness (QED) is 0.859. The summed E-state index contributed by atoms with van der Waals surface area (Å²) >= 11 is 1.35. The highest BCUT2D eigenvalue weighted by molar-refractivity contribution is 7.09. The summed E-state index contributed by atoms with van der Waals surface area (Å²) in [4.78, 5) is 12.0. The van der Waals surface area contributed by atoms with Crippen molar-refractivity contribution in [1.82, 2.24) is 5.32 Å². The lowest BCUT2D eigenvalue weighted by atomic mass is 10.0. The number of alkyl halides is 3. The molecule has 1 aromatic heterocycles. The molecule has 1 amide bonds. The van der Waals surface area contributed by atoms with Gasteiger partial charge in [0.2, 0.25) is 5.91 Å². The zero-order valence-electron chi connectivity index (χ0n) is 8.47. The van der Waals surface area contributed by atoms with Crippen molar-refractivity contribution < 1.29 is 18.0 Å². The van der Waals surface area contributed by atoms with Crippen molar-refractivity contribution >= 4 is 17.2 Å². The Bertz CT molecular complexity index is 359. The van der Waals surface area contributed by atoms with E-state index in [1.807, 2.05) is 0 Å². The summed E-state index contributed by atoms with van der Waals surface area (Å²) in [5, 5.41) is 3.93. The molecule has 3 N–H and O–H groups in total. The maximum absolute atomic E-state index is 12.4. The van der Waals surface area contributed by atoms with E-state index >= 15 is 0 Å². The van der Waals surface area contributed by atoms with Gasteiger partial charge in [-0.15, -0.1) is 11.3 Å². The molecule has 0 aliphatic rings. The first-order chi connectivity index (χ1) is 7.25.